The van der Waals surface area contributed by atoms with Crippen LogP contribution in [0.2, 0.25) is 5.02 Å². The molecule has 0 saturated heterocycles. The molecule has 1 heterocycles. The Morgan fingerprint density at radius 3 is 2.80 bits per heavy atom. The number of carbonyl (C=O) groups is 1. The Labute approximate surface area is 119 Å². The maximum atomic E-state index is 13.9. The van der Waals surface area contributed by atoms with E-state index in [2.05, 4.69) is 4.98 Å². The number of aromatic nitrogens is 1. The Kier molecular flexibility index (Phi) is 2.95. The van der Waals surface area contributed by atoms with E-state index < -0.39 is 5.82 Å². The fraction of sp³-hybridized carbons (Fsp3) is 0. The summed E-state index contributed by atoms with van der Waals surface area (Å²) in [5.41, 5.74) is 7.23. The number of carbonyl (C=O) groups excluding carboxylic acids is 1. The molecule has 0 amide bonds. The Morgan fingerprint density at radius 2 is 2.05 bits per heavy atom. The van der Waals surface area contributed by atoms with Gasteiger partial charge in [0.15, 0.2) is 5.78 Å². The number of hydrogen-bond acceptors (Lipinski definition) is 2. The number of nitrogens with two attached hydrogens (primary N) is 1. The van der Waals surface area contributed by atoms with E-state index in [0.717, 1.165) is 0 Å². The molecule has 0 saturated carbocycles. The molecule has 3 rings (SSSR count). The van der Waals surface area contributed by atoms with E-state index in [1.165, 1.54) is 18.3 Å². The van der Waals surface area contributed by atoms with Gasteiger partial charge in [0.1, 0.15) is 5.82 Å². The Morgan fingerprint density at radius 1 is 1.25 bits per heavy atom. The number of anilines is 1. The van der Waals surface area contributed by atoms with Crippen LogP contribution in [0.5, 0.6) is 0 Å². The quantitative estimate of drug-likeness (QED) is 0.557. The number of hydrogen-bond donors (Lipinski definition) is 2. The van der Waals surface area contributed by atoms with Gasteiger partial charge in [-0.05, 0) is 30.3 Å². The standard InChI is InChI=1S/C15H10ClFN2O/c16-10-6-8(4-5-12(10)18)15(20)9-7-19-13-3-1-2-11(17)14(9)13/h1-7,19H,18H2. The number of nitrogen functional groups attached to an aromatic ring is 1. The first-order valence-corrected chi connectivity index (χ1v) is 6.31. The molecule has 3 N–H and O–H groups in total. The van der Waals surface area contributed by atoms with Crippen molar-refractivity contribution in [3.05, 3.63) is 64.6 Å². The second-order valence-corrected chi connectivity index (χ2v) is 4.84. The van der Waals surface area contributed by atoms with E-state index in [9.17, 15) is 9.18 Å². The largest absolute Gasteiger partial charge is 0.398 e. The predicted octanol–water partition coefficient (Wildman–Crippen LogP) is 3.77. The first-order chi connectivity index (χ1) is 9.58. The van der Waals surface area contributed by atoms with Crippen LogP contribution in [-0.4, -0.2) is 10.8 Å². The molecular weight excluding hydrogens is 279 g/mol. The van der Waals surface area contributed by atoms with Gasteiger partial charge in [0.05, 0.1) is 16.3 Å². The van der Waals surface area contributed by atoms with Crippen molar-refractivity contribution >= 4 is 34.0 Å². The SMILES string of the molecule is Nc1ccc(C(=O)c2c[nH]c3cccc(F)c23)cc1Cl. The smallest absolute Gasteiger partial charge is 0.195 e. The molecule has 0 atom stereocenters. The van der Waals surface area contributed by atoms with Crippen LogP contribution in [-0.2, 0) is 0 Å². The zero-order valence-corrected chi connectivity index (χ0v) is 11.0. The predicted molar refractivity (Wildman–Crippen MR) is 77.6 cm³/mol. The summed E-state index contributed by atoms with van der Waals surface area (Å²) in [5.74, 6) is -0.739. The van der Waals surface area contributed by atoms with Crippen LogP contribution in [0.4, 0.5) is 10.1 Å². The fourth-order valence-electron chi connectivity index (χ4n) is 2.14. The molecule has 0 bridgehead atoms. The van der Waals surface area contributed by atoms with Crippen LogP contribution >= 0.6 is 11.6 Å². The topological polar surface area (TPSA) is 58.9 Å². The third kappa shape index (κ3) is 1.94. The second kappa shape index (κ2) is 4.65. The number of fused-ring (bicyclic) bond motifs is 1. The van der Waals surface area contributed by atoms with Gasteiger partial charge in [-0.25, -0.2) is 4.39 Å². The summed E-state index contributed by atoms with van der Waals surface area (Å²) in [6.07, 6.45) is 1.50. The van der Waals surface area contributed by atoms with E-state index in [1.807, 2.05) is 0 Å². The number of aromatic amines is 1. The van der Waals surface area contributed by atoms with Crippen LogP contribution in [0.15, 0.2) is 42.6 Å². The highest BCUT2D eigenvalue weighted by Crippen LogP contribution is 2.26. The fourth-order valence-corrected chi connectivity index (χ4v) is 2.32. The zero-order chi connectivity index (χ0) is 14.3. The summed E-state index contributed by atoms with van der Waals surface area (Å²) < 4.78 is 13.9. The van der Waals surface area contributed by atoms with Crippen LogP contribution in [0.25, 0.3) is 10.9 Å². The number of H-pyrrole nitrogens is 1. The van der Waals surface area contributed by atoms with E-state index in [-0.39, 0.29) is 16.7 Å². The average molecular weight is 289 g/mol. The second-order valence-electron chi connectivity index (χ2n) is 4.43. The van der Waals surface area contributed by atoms with Crippen molar-refractivity contribution < 1.29 is 9.18 Å². The molecule has 20 heavy (non-hydrogen) atoms. The lowest BCUT2D eigenvalue weighted by atomic mass is 10.0. The lowest BCUT2D eigenvalue weighted by Crippen LogP contribution is -2.01. The molecule has 0 fully saturated rings. The van der Waals surface area contributed by atoms with Gasteiger partial charge in [-0.2, -0.15) is 0 Å². The number of halogens is 2. The lowest BCUT2D eigenvalue weighted by Gasteiger charge is -2.03. The summed E-state index contributed by atoms with van der Waals surface area (Å²) in [4.78, 5) is 15.3. The molecule has 0 aliphatic heterocycles. The van der Waals surface area contributed by atoms with Gasteiger partial charge < -0.3 is 10.7 Å². The van der Waals surface area contributed by atoms with Crippen LogP contribution < -0.4 is 5.73 Å². The molecule has 0 aliphatic rings. The van der Waals surface area contributed by atoms with Crippen molar-refractivity contribution in [3.8, 4) is 0 Å². The molecule has 5 heteroatoms. The number of nitrogens with one attached hydrogen (secondary N) is 1. The van der Waals surface area contributed by atoms with Gasteiger partial charge in [0.2, 0.25) is 0 Å². The summed E-state index contributed by atoms with van der Waals surface area (Å²) in [6, 6.07) is 9.24. The lowest BCUT2D eigenvalue weighted by molar-refractivity contribution is 0.104. The van der Waals surface area contributed by atoms with Gasteiger partial charge in [-0.15, -0.1) is 0 Å². The number of rotatable bonds is 2. The molecule has 0 aliphatic carbocycles. The number of benzene rings is 2. The van der Waals surface area contributed by atoms with Gasteiger partial charge in [0, 0.05) is 22.7 Å². The third-order valence-electron chi connectivity index (χ3n) is 3.16. The molecule has 0 radical (unpaired) electrons. The van der Waals surface area contributed by atoms with Gasteiger partial charge in [0.25, 0.3) is 0 Å². The summed E-state index contributed by atoms with van der Waals surface area (Å²) in [5, 5.41) is 0.585. The monoisotopic (exact) mass is 288 g/mol. The minimum Gasteiger partial charge on any atom is -0.398 e. The van der Waals surface area contributed by atoms with E-state index in [0.29, 0.717) is 21.8 Å². The minimum absolute atomic E-state index is 0.277. The summed E-state index contributed by atoms with van der Waals surface area (Å²) >= 11 is 5.91. The van der Waals surface area contributed by atoms with Crippen molar-refractivity contribution in [2.75, 3.05) is 5.73 Å². The van der Waals surface area contributed by atoms with E-state index >= 15 is 0 Å². The van der Waals surface area contributed by atoms with Crippen LogP contribution in [0.3, 0.4) is 0 Å². The average Bonchev–Trinajstić information content (AvgIpc) is 2.86. The van der Waals surface area contributed by atoms with Gasteiger partial charge >= 0.3 is 0 Å². The maximum absolute atomic E-state index is 13.9. The first-order valence-electron chi connectivity index (χ1n) is 5.93. The highest BCUT2D eigenvalue weighted by atomic mass is 35.5. The molecule has 3 aromatic rings. The molecule has 1 aromatic heterocycles. The third-order valence-corrected chi connectivity index (χ3v) is 3.49. The zero-order valence-electron chi connectivity index (χ0n) is 10.3. The molecule has 3 nitrogen and oxygen atoms in total. The molecule has 2 aromatic carbocycles. The van der Waals surface area contributed by atoms with Gasteiger partial charge in [-0.3, -0.25) is 4.79 Å². The molecular formula is C15H10ClFN2O. The minimum atomic E-state index is -0.436. The highest BCUT2D eigenvalue weighted by molar-refractivity contribution is 6.33. The summed E-state index contributed by atoms with van der Waals surface area (Å²) in [6.45, 7) is 0. The summed E-state index contributed by atoms with van der Waals surface area (Å²) in [7, 11) is 0. The maximum Gasteiger partial charge on any atom is 0.195 e. The molecule has 100 valence electrons. The van der Waals surface area contributed by atoms with Crippen molar-refractivity contribution in [1.82, 2.24) is 4.98 Å². The highest BCUT2D eigenvalue weighted by Gasteiger charge is 2.17. The normalized spacial score (nSPS) is 10.9. The van der Waals surface area contributed by atoms with Crippen molar-refractivity contribution in [3.63, 3.8) is 0 Å². The Balaban J connectivity index is 2.15. The first kappa shape index (κ1) is 12.7. The van der Waals surface area contributed by atoms with Crippen LogP contribution in [0.1, 0.15) is 15.9 Å². The van der Waals surface area contributed by atoms with Crippen molar-refractivity contribution in [2.45, 2.75) is 0 Å². The molecule has 0 spiro atoms. The number of ketones is 1. The van der Waals surface area contributed by atoms with Crippen molar-refractivity contribution in [1.29, 1.82) is 0 Å². The molecule has 0 unspecified atom stereocenters. The van der Waals surface area contributed by atoms with E-state index in [1.54, 1.807) is 24.3 Å². The Hall–Kier alpha value is -2.33. The Bertz CT molecular complexity index is 826. The van der Waals surface area contributed by atoms with E-state index in [4.69, 9.17) is 17.3 Å². The van der Waals surface area contributed by atoms with Crippen molar-refractivity contribution in [2.24, 2.45) is 0 Å². The van der Waals surface area contributed by atoms with Crippen LogP contribution in [0, 0.1) is 5.82 Å². The van der Waals surface area contributed by atoms with Gasteiger partial charge in [-0.1, -0.05) is 17.7 Å².